The fraction of sp³-hybridized carbons (Fsp3) is 0.450. The second-order valence-corrected chi connectivity index (χ2v) is 7.57. The van der Waals surface area contributed by atoms with Crippen molar-refractivity contribution in [1.29, 1.82) is 0 Å². The fourth-order valence-corrected chi connectivity index (χ4v) is 4.07. The maximum atomic E-state index is 12.8. The van der Waals surface area contributed by atoms with Gasteiger partial charge in [-0.25, -0.2) is 4.98 Å². The van der Waals surface area contributed by atoms with Gasteiger partial charge in [0, 0.05) is 43.8 Å². The van der Waals surface area contributed by atoms with Crippen molar-refractivity contribution in [2.75, 3.05) is 19.7 Å². The molecule has 0 bridgehead atoms. The number of amides is 1. The van der Waals surface area contributed by atoms with E-state index in [1.54, 1.807) is 18.0 Å². The molecule has 0 saturated carbocycles. The number of benzene rings is 1. The Morgan fingerprint density at radius 3 is 2.74 bits per heavy atom. The number of esters is 1. The molecular weight excluding hydrogens is 362 g/mol. The topological polar surface area (TPSA) is 64.4 Å². The molecule has 0 radical (unpaired) electrons. The summed E-state index contributed by atoms with van der Waals surface area (Å²) >= 11 is 1.65. The lowest BCUT2D eigenvalue weighted by molar-refractivity contribution is -0.149. The Labute approximate surface area is 163 Å². The van der Waals surface area contributed by atoms with Crippen LogP contribution in [0.1, 0.15) is 35.7 Å². The van der Waals surface area contributed by atoms with Gasteiger partial charge in [0.1, 0.15) is 0 Å². The molecule has 1 amide bonds. The van der Waals surface area contributed by atoms with Crippen LogP contribution in [0.5, 0.6) is 0 Å². The minimum Gasteiger partial charge on any atom is -0.466 e. The van der Waals surface area contributed by atoms with E-state index in [1.807, 2.05) is 53.9 Å². The molecule has 0 atom stereocenters. The van der Waals surface area contributed by atoms with E-state index in [9.17, 15) is 9.59 Å². The average Bonchev–Trinajstić information content (AvgIpc) is 3.11. The molecule has 2 aromatic rings. The second-order valence-electron chi connectivity index (χ2n) is 6.63. The minimum atomic E-state index is -0.141. The van der Waals surface area contributed by atoms with Gasteiger partial charge in [-0.05, 0) is 37.5 Å². The number of thioether (sulfide) groups is 1. The van der Waals surface area contributed by atoms with Crippen molar-refractivity contribution >= 4 is 23.6 Å². The third kappa shape index (κ3) is 4.91. The van der Waals surface area contributed by atoms with Crippen molar-refractivity contribution in [2.24, 2.45) is 13.0 Å². The quantitative estimate of drug-likeness (QED) is 0.563. The Morgan fingerprint density at radius 2 is 2.07 bits per heavy atom. The molecule has 1 aliphatic heterocycles. The number of aryl methyl sites for hydroxylation is 1. The van der Waals surface area contributed by atoms with E-state index in [0.717, 1.165) is 16.5 Å². The highest BCUT2D eigenvalue weighted by molar-refractivity contribution is 7.98. The highest BCUT2D eigenvalue weighted by atomic mass is 32.2. The van der Waals surface area contributed by atoms with E-state index in [2.05, 4.69) is 4.98 Å². The number of hydrogen-bond acceptors (Lipinski definition) is 5. The highest BCUT2D eigenvalue weighted by Crippen LogP contribution is 2.23. The van der Waals surface area contributed by atoms with E-state index in [1.165, 1.54) is 0 Å². The van der Waals surface area contributed by atoms with Gasteiger partial charge in [-0.3, -0.25) is 9.59 Å². The van der Waals surface area contributed by atoms with Crippen molar-refractivity contribution in [3.63, 3.8) is 0 Å². The van der Waals surface area contributed by atoms with Crippen LogP contribution in [0.3, 0.4) is 0 Å². The molecule has 2 heterocycles. The van der Waals surface area contributed by atoms with Gasteiger partial charge in [0.05, 0.1) is 12.5 Å². The minimum absolute atomic E-state index is 0.0288. The predicted octanol–water partition coefficient (Wildman–Crippen LogP) is 3.13. The van der Waals surface area contributed by atoms with Crippen molar-refractivity contribution in [2.45, 2.75) is 30.7 Å². The number of carbonyl (C=O) groups excluding carboxylic acids is 2. The normalized spacial score (nSPS) is 15.0. The average molecular weight is 388 g/mol. The second kappa shape index (κ2) is 9.08. The van der Waals surface area contributed by atoms with E-state index in [-0.39, 0.29) is 17.8 Å². The van der Waals surface area contributed by atoms with Crippen LogP contribution in [0.4, 0.5) is 0 Å². The zero-order chi connectivity index (χ0) is 19.2. The molecule has 1 aliphatic rings. The van der Waals surface area contributed by atoms with Crippen LogP contribution in [0.25, 0.3) is 0 Å². The molecule has 7 heteroatoms. The van der Waals surface area contributed by atoms with Gasteiger partial charge in [0.2, 0.25) is 0 Å². The van der Waals surface area contributed by atoms with Gasteiger partial charge in [-0.15, -0.1) is 0 Å². The first-order chi connectivity index (χ1) is 13.1. The summed E-state index contributed by atoms with van der Waals surface area (Å²) in [5.74, 6) is 0.560. The molecule has 6 nitrogen and oxygen atoms in total. The molecule has 27 heavy (non-hydrogen) atoms. The Bertz CT molecular complexity index is 797. The van der Waals surface area contributed by atoms with Gasteiger partial charge in [0.25, 0.3) is 5.91 Å². The van der Waals surface area contributed by atoms with Crippen molar-refractivity contribution in [1.82, 2.24) is 14.5 Å². The van der Waals surface area contributed by atoms with Gasteiger partial charge in [-0.2, -0.15) is 0 Å². The van der Waals surface area contributed by atoms with E-state index in [4.69, 9.17) is 4.74 Å². The summed E-state index contributed by atoms with van der Waals surface area (Å²) in [6, 6.07) is 7.76. The number of hydrogen-bond donors (Lipinski definition) is 0. The number of likely N-dealkylation sites (tertiary alicyclic amines) is 1. The Hall–Kier alpha value is -2.28. The molecule has 144 valence electrons. The Morgan fingerprint density at radius 1 is 1.30 bits per heavy atom. The zero-order valence-electron chi connectivity index (χ0n) is 15.8. The van der Waals surface area contributed by atoms with E-state index < -0.39 is 0 Å². The summed E-state index contributed by atoms with van der Waals surface area (Å²) < 4.78 is 7.07. The third-order valence-corrected chi connectivity index (χ3v) is 5.85. The molecule has 1 saturated heterocycles. The van der Waals surface area contributed by atoms with E-state index >= 15 is 0 Å². The zero-order valence-corrected chi connectivity index (χ0v) is 16.6. The molecule has 0 spiro atoms. The number of piperidine rings is 1. The summed E-state index contributed by atoms with van der Waals surface area (Å²) in [4.78, 5) is 30.8. The monoisotopic (exact) mass is 387 g/mol. The Balaban J connectivity index is 1.57. The van der Waals surface area contributed by atoms with Crippen LogP contribution < -0.4 is 0 Å². The maximum absolute atomic E-state index is 12.8. The van der Waals surface area contributed by atoms with Gasteiger partial charge in [-0.1, -0.05) is 23.9 Å². The molecule has 1 fully saturated rings. The smallest absolute Gasteiger partial charge is 0.309 e. The first-order valence-electron chi connectivity index (χ1n) is 9.23. The molecule has 3 rings (SSSR count). The largest absolute Gasteiger partial charge is 0.466 e. The molecule has 1 aromatic carbocycles. The summed E-state index contributed by atoms with van der Waals surface area (Å²) in [6.07, 6.45) is 5.03. The van der Waals surface area contributed by atoms with Crippen molar-refractivity contribution in [3.8, 4) is 0 Å². The van der Waals surface area contributed by atoms with E-state index in [0.29, 0.717) is 38.1 Å². The van der Waals surface area contributed by atoms with Crippen LogP contribution in [0, 0.1) is 5.92 Å². The first kappa shape index (κ1) is 19.5. The van der Waals surface area contributed by atoms with Crippen LogP contribution in [-0.4, -0.2) is 46.0 Å². The maximum Gasteiger partial charge on any atom is 0.309 e. The van der Waals surface area contributed by atoms with Crippen LogP contribution >= 0.6 is 11.8 Å². The lowest BCUT2D eigenvalue weighted by Gasteiger charge is -2.31. The number of nitrogens with zero attached hydrogens (tertiary/aromatic N) is 3. The summed E-state index contributed by atoms with van der Waals surface area (Å²) in [5, 5.41) is 0.952. The highest BCUT2D eigenvalue weighted by Gasteiger charge is 2.28. The summed E-state index contributed by atoms with van der Waals surface area (Å²) in [6.45, 7) is 3.40. The number of rotatable bonds is 6. The van der Waals surface area contributed by atoms with Gasteiger partial charge < -0.3 is 14.2 Å². The summed E-state index contributed by atoms with van der Waals surface area (Å²) in [5.41, 5.74) is 1.79. The standard InChI is InChI=1S/C20H25N3O3S/c1-3-26-19(25)16-7-10-23(11-8-16)18(24)17-6-4-5-15(13-17)14-27-20-21-9-12-22(20)2/h4-6,9,12-13,16H,3,7-8,10-11,14H2,1-2H3. The summed E-state index contributed by atoms with van der Waals surface area (Å²) in [7, 11) is 1.97. The van der Waals surface area contributed by atoms with Crippen LogP contribution in [0.2, 0.25) is 0 Å². The lowest BCUT2D eigenvalue weighted by atomic mass is 9.96. The molecule has 0 N–H and O–H groups in total. The number of carbonyl (C=O) groups is 2. The Kier molecular flexibility index (Phi) is 6.55. The van der Waals surface area contributed by atoms with Gasteiger partial charge in [0.15, 0.2) is 5.16 Å². The number of aromatic nitrogens is 2. The molecule has 0 unspecified atom stereocenters. The van der Waals surface area contributed by atoms with Crippen molar-refractivity contribution in [3.05, 3.63) is 47.8 Å². The SMILES string of the molecule is CCOC(=O)C1CCN(C(=O)c2cccc(CSc3nccn3C)c2)CC1. The molecular formula is C20H25N3O3S. The van der Waals surface area contributed by atoms with Crippen LogP contribution in [0.15, 0.2) is 41.8 Å². The molecule has 1 aromatic heterocycles. The van der Waals surface area contributed by atoms with Crippen LogP contribution in [-0.2, 0) is 22.3 Å². The predicted molar refractivity (Wildman–Crippen MR) is 104 cm³/mol. The van der Waals surface area contributed by atoms with Gasteiger partial charge >= 0.3 is 5.97 Å². The fourth-order valence-electron chi connectivity index (χ4n) is 3.19. The third-order valence-electron chi connectivity index (χ3n) is 4.72. The number of ether oxygens (including phenoxy) is 1. The van der Waals surface area contributed by atoms with Crippen molar-refractivity contribution < 1.29 is 14.3 Å². The lowest BCUT2D eigenvalue weighted by Crippen LogP contribution is -2.40. The first-order valence-corrected chi connectivity index (χ1v) is 10.2. The molecule has 0 aliphatic carbocycles. The number of imidazole rings is 1.